The quantitative estimate of drug-likeness (QED) is 0.698. The van der Waals surface area contributed by atoms with E-state index in [2.05, 4.69) is 12.6 Å². The summed E-state index contributed by atoms with van der Waals surface area (Å²) in [6.45, 7) is 0. The van der Waals surface area contributed by atoms with Gasteiger partial charge in [0.1, 0.15) is 5.82 Å². The third kappa shape index (κ3) is 2.16. The van der Waals surface area contributed by atoms with Gasteiger partial charge < -0.3 is 0 Å². The summed E-state index contributed by atoms with van der Waals surface area (Å²) in [7, 11) is 0. The van der Waals surface area contributed by atoms with Gasteiger partial charge in [-0.05, 0) is 29.8 Å². The molecule has 0 aliphatic carbocycles. The molecule has 0 radical (unpaired) electrons. The molecule has 2 rings (SSSR count). The SMILES string of the molecule is Fc1cc(Cl)ccc1-c1ccccc1S. The van der Waals surface area contributed by atoms with Gasteiger partial charge in [0, 0.05) is 15.5 Å². The highest BCUT2D eigenvalue weighted by molar-refractivity contribution is 7.80. The van der Waals surface area contributed by atoms with Gasteiger partial charge in [-0.2, -0.15) is 0 Å². The molecule has 0 nitrogen and oxygen atoms in total. The predicted octanol–water partition coefficient (Wildman–Crippen LogP) is 4.43. The van der Waals surface area contributed by atoms with E-state index in [4.69, 9.17) is 11.6 Å². The largest absolute Gasteiger partial charge is 0.206 e. The predicted molar refractivity (Wildman–Crippen MR) is 64.1 cm³/mol. The second-order valence-corrected chi connectivity index (χ2v) is 4.06. The Labute approximate surface area is 98.1 Å². The number of hydrogen-bond acceptors (Lipinski definition) is 1. The van der Waals surface area contributed by atoms with Crippen LogP contribution in [0.2, 0.25) is 5.02 Å². The molecule has 0 aromatic heterocycles. The van der Waals surface area contributed by atoms with Crippen LogP contribution in [0.1, 0.15) is 0 Å². The second kappa shape index (κ2) is 4.25. The maximum Gasteiger partial charge on any atom is 0.132 e. The number of halogens is 2. The zero-order valence-electron chi connectivity index (χ0n) is 7.74. The van der Waals surface area contributed by atoms with Crippen molar-refractivity contribution < 1.29 is 4.39 Å². The third-order valence-corrected chi connectivity index (χ3v) is 2.75. The lowest BCUT2D eigenvalue weighted by molar-refractivity contribution is 0.631. The van der Waals surface area contributed by atoms with Gasteiger partial charge >= 0.3 is 0 Å². The van der Waals surface area contributed by atoms with Gasteiger partial charge in [0.05, 0.1) is 0 Å². The molecule has 0 atom stereocenters. The standard InChI is InChI=1S/C12H8ClFS/c13-8-5-6-9(11(14)7-8)10-3-1-2-4-12(10)15/h1-7,15H. The van der Waals surface area contributed by atoms with Gasteiger partial charge in [0.15, 0.2) is 0 Å². The highest BCUT2D eigenvalue weighted by Gasteiger charge is 2.07. The molecule has 0 saturated heterocycles. The van der Waals surface area contributed by atoms with Crippen LogP contribution in [0, 0.1) is 5.82 Å². The maximum absolute atomic E-state index is 13.6. The van der Waals surface area contributed by atoms with Gasteiger partial charge in [0.25, 0.3) is 0 Å². The van der Waals surface area contributed by atoms with Crippen molar-refractivity contribution in [3.05, 3.63) is 53.3 Å². The van der Waals surface area contributed by atoms with E-state index in [9.17, 15) is 4.39 Å². The summed E-state index contributed by atoms with van der Waals surface area (Å²) >= 11 is 9.97. The van der Waals surface area contributed by atoms with E-state index in [-0.39, 0.29) is 5.82 Å². The Bertz CT molecular complexity index is 497. The molecule has 0 saturated carbocycles. The molecular weight excluding hydrogens is 231 g/mol. The first kappa shape index (κ1) is 10.5. The van der Waals surface area contributed by atoms with Gasteiger partial charge in [-0.3, -0.25) is 0 Å². The van der Waals surface area contributed by atoms with Gasteiger partial charge in [-0.1, -0.05) is 29.8 Å². The summed E-state index contributed by atoms with van der Waals surface area (Å²) in [6, 6.07) is 12.0. The molecule has 15 heavy (non-hydrogen) atoms. The van der Waals surface area contributed by atoms with Crippen LogP contribution in [0.15, 0.2) is 47.4 Å². The molecule has 3 heteroatoms. The first-order chi connectivity index (χ1) is 7.18. The van der Waals surface area contributed by atoms with Gasteiger partial charge in [0.2, 0.25) is 0 Å². The number of hydrogen-bond donors (Lipinski definition) is 1. The molecule has 76 valence electrons. The van der Waals surface area contributed by atoms with Crippen molar-refractivity contribution in [3.63, 3.8) is 0 Å². The molecular formula is C12H8ClFS. The Morgan fingerprint density at radius 2 is 1.73 bits per heavy atom. The third-order valence-electron chi connectivity index (χ3n) is 2.13. The van der Waals surface area contributed by atoms with Crippen LogP contribution >= 0.6 is 24.2 Å². The number of thiol groups is 1. The van der Waals surface area contributed by atoms with E-state index >= 15 is 0 Å². The number of rotatable bonds is 1. The van der Waals surface area contributed by atoms with Crippen LogP contribution in [0.3, 0.4) is 0 Å². The van der Waals surface area contributed by atoms with Crippen molar-refractivity contribution in [2.45, 2.75) is 4.90 Å². The average molecular weight is 239 g/mol. The molecule has 0 bridgehead atoms. The normalized spacial score (nSPS) is 10.3. The molecule has 0 heterocycles. The molecule has 2 aromatic carbocycles. The summed E-state index contributed by atoms with van der Waals surface area (Å²) in [6.07, 6.45) is 0. The van der Waals surface area contributed by atoms with Crippen molar-refractivity contribution in [3.8, 4) is 11.1 Å². The van der Waals surface area contributed by atoms with Gasteiger partial charge in [-0.25, -0.2) is 4.39 Å². The minimum absolute atomic E-state index is 0.330. The zero-order valence-corrected chi connectivity index (χ0v) is 9.39. The first-order valence-electron chi connectivity index (χ1n) is 4.42. The molecule has 0 fully saturated rings. The molecule has 0 aliphatic rings. The van der Waals surface area contributed by atoms with Crippen LogP contribution < -0.4 is 0 Å². The lowest BCUT2D eigenvalue weighted by atomic mass is 10.1. The molecule has 0 amide bonds. The maximum atomic E-state index is 13.6. The lowest BCUT2D eigenvalue weighted by Gasteiger charge is -2.06. The Kier molecular flexibility index (Phi) is 2.98. The Morgan fingerprint density at radius 1 is 1.00 bits per heavy atom. The van der Waals surface area contributed by atoms with Crippen molar-refractivity contribution in [2.24, 2.45) is 0 Å². The van der Waals surface area contributed by atoms with E-state index in [1.807, 2.05) is 24.3 Å². The highest BCUT2D eigenvalue weighted by Crippen LogP contribution is 2.29. The summed E-state index contributed by atoms with van der Waals surface area (Å²) in [4.78, 5) is 0.749. The fourth-order valence-corrected chi connectivity index (χ4v) is 1.85. The topological polar surface area (TPSA) is 0 Å². The summed E-state index contributed by atoms with van der Waals surface area (Å²) < 4.78 is 13.6. The fourth-order valence-electron chi connectivity index (χ4n) is 1.41. The molecule has 0 spiro atoms. The monoisotopic (exact) mass is 238 g/mol. The van der Waals surface area contributed by atoms with Crippen LogP contribution in [-0.4, -0.2) is 0 Å². The fraction of sp³-hybridized carbons (Fsp3) is 0. The Hall–Kier alpha value is -0.990. The lowest BCUT2D eigenvalue weighted by Crippen LogP contribution is -1.85. The highest BCUT2D eigenvalue weighted by atomic mass is 35.5. The molecule has 0 N–H and O–H groups in total. The zero-order chi connectivity index (χ0) is 10.8. The van der Waals surface area contributed by atoms with Gasteiger partial charge in [-0.15, -0.1) is 12.6 Å². The molecule has 0 aliphatic heterocycles. The second-order valence-electron chi connectivity index (χ2n) is 3.14. The van der Waals surface area contributed by atoms with E-state index in [1.54, 1.807) is 12.1 Å². The van der Waals surface area contributed by atoms with Crippen molar-refractivity contribution in [1.82, 2.24) is 0 Å². The van der Waals surface area contributed by atoms with E-state index in [0.717, 1.165) is 10.5 Å². The van der Waals surface area contributed by atoms with Crippen molar-refractivity contribution >= 4 is 24.2 Å². The molecule has 0 unspecified atom stereocenters. The van der Waals surface area contributed by atoms with E-state index in [1.165, 1.54) is 6.07 Å². The summed E-state index contributed by atoms with van der Waals surface area (Å²) in [5.74, 6) is -0.330. The summed E-state index contributed by atoms with van der Waals surface area (Å²) in [5, 5.41) is 0.396. The van der Waals surface area contributed by atoms with Crippen LogP contribution in [0.4, 0.5) is 4.39 Å². The number of benzene rings is 2. The smallest absolute Gasteiger partial charge is 0.132 e. The van der Waals surface area contributed by atoms with E-state index < -0.39 is 0 Å². The van der Waals surface area contributed by atoms with Crippen LogP contribution in [-0.2, 0) is 0 Å². The minimum Gasteiger partial charge on any atom is -0.206 e. The van der Waals surface area contributed by atoms with E-state index in [0.29, 0.717) is 10.6 Å². The van der Waals surface area contributed by atoms with Crippen LogP contribution in [0.25, 0.3) is 11.1 Å². The minimum atomic E-state index is -0.330. The molecule has 2 aromatic rings. The first-order valence-corrected chi connectivity index (χ1v) is 5.24. The Balaban J connectivity index is 2.60. The van der Waals surface area contributed by atoms with Crippen molar-refractivity contribution in [2.75, 3.05) is 0 Å². The Morgan fingerprint density at radius 3 is 2.40 bits per heavy atom. The van der Waals surface area contributed by atoms with Crippen LogP contribution in [0.5, 0.6) is 0 Å². The summed E-state index contributed by atoms with van der Waals surface area (Å²) in [5.41, 5.74) is 1.29. The van der Waals surface area contributed by atoms with Crippen molar-refractivity contribution in [1.29, 1.82) is 0 Å². The average Bonchev–Trinajstić information content (AvgIpc) is 2.20.